The summed E-state index contributed by atoms with van der Waals surface area (Å²) >= 11 is 6.47. The topological polar surface area (TPSA) is 43.4 Å². The highest BCUT2D eigenvalue weighted by atomic mass is 35.5. The number of nitrogens with one attached hydrogen (secondary N) is 1. The van der Waals surface area contributed by atoms with Gasteiger partial charge in [-0.25, -0.2) is 0 Å². The molecule has 0 saturated heterocycles. The maximum absolute atomic E-state index is 6.47. The van der Waals surface area contributed by atoms with Crippen molar-refractivity contribution in [1.82, 2.24) is 10.3 Å². The van der Waals surface area contributed by atoms with Crippen molar-refractivity contribution in [2.24, 2.45) is 0 Å². The molecule has 1 N–H and O–H groups in total. The number of ether oxygens (including phenoxy) is 2. The summed E-state index contributed by atoms with van der Waals surface area (Å²) in [4.78, 5) is 4.31. The second-order valence-corrected chi connectivity index (χ2v) is 6.43. The number of benzene rings is 2. The van der Waals surface area contributed by atoms with Crippen molar-refractivity contribution in [2.45, 2.75) is 26.6 Å². The zero-order valence-corrected chi connectivity index (χ0v) is 16.1. The van der Waals surface area contributed by atoms with Crippen LogP contribution in [-0.2, 0) is 19.7 Å². The number of pyridine rings is 1. The highest BCUT2D eigenvalue weighted by molar-refractivity contribution is 6.31. The summed E-state index contributed by atoms with van der Waals surface area (Å²) in [5.41, 5.74) is 3.04. The molecular weight excluding hydrogens is 360 g/mol. The van der Waals surface area contributed by atoms with Gasteiger partial charge in [-0.1, -0.05) is 48.0 Å². The van der Waals surface area contributed by atoms with Crippen molar-refractivity contribution in [3.05, 3.63) is 88.7 Å². The summed E-state index contributed by atoms with van der Waals surface area (Å²) in [6.07, 6.45) is 1.79. The van der Waals surface area contributed by atoms with E-state index in [0.29, 0.717) is 42.8 Å². The van der Waals surface area contributed by atoms with Crippen LogP contribution in [0.3, 0.4) is 0 Å². The Morgan fingerprint density at radius 3 is 2.44 bits per heavy atom. The lowest BCUT2D eigenvalue weighted by molar-refractivity contribution is 0.269. The van der Waals surface area contributed by atoms with Crippen LogP contribution in [0.25, 0.3) is 0 Å². The van der Waals surface area contributed by atoms with Gasteiger partial charge in [-0.05, 0) is 36.2 Å². The summed E-state index contributed by atoms with van der Waals surface area (Å²) in [5, 5.41) is 4.01. The molecule has 0 aliphatic rings. The number of nitrogens with zero attached hydrogens (tertiary/aromatic N) is 1. The zero-order chi connectivity index (χ0) is 18.9. The molecule has 0 fully saturated rings. The predicted molar refractivity (Wildman–Crippen MR) is 108 cm³/mol. The Kier molecular flexibility index (Phi) is 7.08. The molecular formula is C22H23ClN2O2. The molecule has 3 aromatic rings. The number of hydrogen-bond acceptors (Lipinski definition) is 4. The van der Waals surface area contributed by atoms with Crippen LogP contribution in [0.2, 0.25) is 5.02 Å². The third-order valence-corrected chi connectivity index (χ3v) is 4.35. The maximum atomic E-state index is 6.47. The zero-order valence-electron chi connectivity index (χ0n) is 15.3. The molecule has 5 heteroatoms. The van der Waals surface area contributed by atoms with Crippen molar-refractivity contribution in [1.29, 1.82) is 0 Å². The minimum absolute atomic E-state index is 0.467. The van der Waals surface area contributed by atoms with Crippen molar-refractivity contribution in [3.8, 4) is 11.5 Å². The van der Waals surface area contributed by atoms with Crippen LogP contribution in [0.1, 0.15) is 23.7 Å². The van der Waals surface area contributed by atoms with Gasteiger partial charge in [0, 0.05) is 30.4 Å². The second-order valence-electron chi connectivity index (χ2n) is 6.02. The summed E-state index contributed by atoms with van der Waals surface area (Å²) in [6, 6.07) is 19.7. The third kappa shape index (κ3) is 5.71. The van der Waals surface area contributed by atoms with Crippen LogP contribution in [0.5, 0.6) is 11.5 Å². The smallest absolute Gasteiger partial charge is 0.163 e. The SMILES string of the molecule is CCOc1cc(CNCc2ccccn2)c(Cl)cc1OCc1ccccc1. The third-order valence-electron chi connectivity index (χ3n) is 4.00. The molecule has 0 spiro atoms. The number of aromatic nitrogens is 1. The molecule has 140 valence electrons. The standard InChI is InChI=1S/C22H23ClN2O2/c1-2-26-21-12-18(14-24-15-19-10-6-7-11-25-19)20(23)13-22(21)27-16-17-8-4-3-5-9-17/h3-13,24H,2,14-16H2,1H3. The van der Waals surface area contributed by atoms with Gasteiger partial charge in [0.15, 0.2) is 11.5 Å². The molecule has 0 amide bonds. The van der Waals surface area contributed by atoms with E-state index >= 15 is 0 Å². The minimum atomic E-state index is 0.467. The van der Waals surface area contributed by atoms with Crippen LogP contribution >= 0.6 is 11.6 Å². The highest BCUT2D eigenvalue weighted by Gasteiger charge is 2.11. The first-order chi connectivity index (χ1) is 13.3. The lowest BCUT2D eigenvalue weighted by Crippen LogP contribution is -2.14. The molecule has 4 nitrogen and oxygen atoms in total. The van der Waals surface area contributed by atoms with E-state index < -0.39 is 0 Å². The quantitative estimate of drug-likeness (QED) is 0.565. The monoisotopic (exact) mass is 382 g/mol. The van der Waals surface area contributed by atoms with E-state index in [9.17, 15) is 0 Å². The largest absolute Gasteiger partial charge is 0.490 e. The maximum Gasteiger partial charge on any atom is 0.163 e. The Hall–Kier alpha value is -2.56. The molecule has 0 aliphatic carbocycles. The summed E-state index contributed by atoms with van der Waals surface area (Å²) < 4.78 is 11.7. The van der Waals surface area contributed by atoms with E-state index in [2.05, 4.69) is 10.3 Å². The lowest BCUT2D eigenvalue weighted by atomic mass is 10.2. The normalized spacial score (nSPS) is 10.6. The summed E-state index contributed by atoms with van der Waals surface area (Å²) in [5.74, 6) is 1.35. The van der Waals surface area contributed by atoms with Gasteiger partial charge in [0.05, 0.1) is 12.3 Å². The molecule has 27 heavy (non-hydrogen) atoms. The van der Waals surface area contributed by atoms with E-state index in [-0.39, 0.29) is 0 Å². The van der Waals surface area contributed by atoms with Crippen molar-refractivity contribution in [2.75, 3.05) is 6.61 Å². The van der Waals surface area contributed by atoms with E-state index in [1.165, 1.54) is 0 Å². The lowest BCUT2D eigenvalue weighted by Gasteiger charge is -2.15. The average molecular weight is 383 g/mol. The molecule has 2 aromatic carbocycles. The Labute approximate surface area is 165 Å². The van der Waals surface area contributed by atoms with Gasteiger partial charge in [-0.2, -0.15) is 0 Å². The fraction of sp³-hybridized carbons (Fsp3) is 0.227. The second kappa shape index (κ2) is 9.95. The van der Waals surface area contributed by atoms with Gasteiger partial charge in [0.25, 0.3) is 0 Å². The fourth-order valence-electron chi connectivity index (χ4n) is 2.66. The molecule has 0 saturated carbocycles. The van der Waals surface area contributed by atoms with Gasteiger partial charge < -0.3 is 14.8 Å². The first-order valence-corrected chi connectivity index (χ1v) is 9.36. The van der Waals surface area contributed by atoms with Gasteiger partial charge in [-0.15, -0.1) is 0 Å². The van der Waals surface area contributed by atoms with Crippen molar-refractivity contribution < 1.29 is 9.47 Å². The summed E-state index contributed by atoms with van der Waals surface area (Å²) in [7, 11) is 0. The Balaban J connectivity index is 1.67. The van der Waals surface area contributed by atoms with Crippen molar-refractivity contribution >= 4 is 11.6 Å². The number of hydrogen-bond donors (Lipinski definition) is 1. The molecule has 0 bridgehead atoms. The average Bonchev–Trinajstić information content (AvgIpc) is 2.71. The molecule has 1 heterocycles. The van der Waals surface area contributed by atoms with Crippen LogP contribution in [-0.4, -0.2) is 11.6 Å². The van der Waals surface area contributed by atoms with E-state index in [1.807, 2.05) is 67.6 Å². The molecule has 1 aromatic heterocycles. The van der Waals surface area contributed by atoms with E-state index in [0.717, 1.165) is 16.8 Å². The number of halogens is 1. The molecule has 0 atom stereocenters. The van der Waals surface area contributed by atoms with Gasteiger partial charge in [-0.3, -0.25) is 4.98 Å². The van der Waals surface area contributed by atoms with Crippen LogP contribution in [0, 0.1) is 0 Å². The van der Waals surface area contributed by atoms with E-state index in [1.54, 1.807) is 6.20 Å². The molecule has 3 rings (SSSR count). The van der Waals surface area contributed by atoms with Crippen LogP contribution < -0.4 is 14.8 Å². The van der Waals surface area contributed by atoms with E-state index in [4.69, 9.17) is 21.1 Å². The van der Waals surface area contributed by atoms with Gasteiger partial charge in [0.2, 0.25) is 0 Å². The van der Waals surface area contributed by atoms with Gasteiger partial charge in [0.1, 0.15) is 6.61 Å². The van der Waals surface area contributed by atoms with Crippen LogP contribution in [0.15, 0.2) is 66.9 Å². The highest BCUT2D eigenvalue weighted by Crippen LogP contribution is 2.34. The fourth-order valence-corrected chi connectivity index (χ4v) is 2.88. The van der Waals surface area contributed by atoms with Crippen molar-refractivity contribution in [3.63, 3.8) is 0 Å². The Morgan fingerprint density at radius 1 is 0.926 bits per heavy atom. The van der Waals surface area contributed by atoms with Gasteiger partial charge >= 0.3 is 0 Å². The molecule has 0 unspecified atom stereocenters. The Bertz CT molecular complexity index is 842. The molecule has 0 radical (unpaired) electrons. The number of rotatable bonds is 9. The van der Waals surface area contributed by atoms with Crippen LogP contribution in [0.4, 0.5) is 0 Å². The predicted octanol–water partition coefficient (Wildman–Crippen LogP) is 5.00. The first-order valence-electron chi connectivity index (χ1n) is 8.99. The summed E-state index contributed by atoms with van der Waals surface area (Å²) in [6.45, 7) is 4.27. The first kappa shape index (κ1) is 19.2. The Morgan fingerprint density at radius 2 is 1.70 bits per heavy atom. The molecule has 0 aliphatic heterocycles. The minimum Gasteiger partial charge on any atom is -0.490 e.